The van der Waals surface area contributed by atoms with Crippen molar-refractivity contribution < 1.29 is 23.0 Å². The van der Waals surface area contributed by atoms with Gasteiger partial charge in [-0.25, -0.2) is 13.6 Å². The number of hydrogen-bond donors (Lipinski definition) is 2. The molecule has 0 spiro atoms. The van der Waals surface area contributed by atoms with Gasteiger partial charge in [-0.3, -0.25) is 0 Å². The molecule has 0 heterocycles. The second-order valence-electron chi connectivity index (χ2n) is 5.90. The van der Waals surface area contributed by atoms with E-state index in [0.29, 0.717) is 11.5 Å². The van der Waals surface area contributed by atoms with Crippen molar-refractivity contribution >= 4 is 11.7 Å². The first-order chi connectivity index (χ1) is 11.8. The van der Waals surface area contributed by atoms with Crippen molar-refractivity contribution in [2.75, 3.05) is 19.5 Å². The van der Waals surface area contributed by atoms with Crippen LogP contribution in [0.2, 0.25) is 0 Å². The summed E-state index contributed by atoms with van der Waals surface area (Å²) in [6, 6.07) is 7.90. The monoisotopic (exact) mass is 350 g/mol. The second-order valence-corrected chi connectivity index (χ2v) is 5.90. The number of halogens is 2. The van der Waals surface area contributed by atoms with E-state index < -0.39 is 23.2 Å². The van der Waals surface area contributed by atoms with Crippen LogP contribution < -0.4 is 20.1 Å². The van der Waals surface area contributed by atoms with E-state index in [4.69, 9.17) is 9.47 Å². The van der Waals surface area contributed by atoms with Crippen molar-refractivity contribution in [3.8, 4) is 11.5 Å². The molecule has 0 unspecified atom stereocenters. The molecular weight excluding hydrogens is 330 g/mol. The molecule has 0 aliphatic rings. The average Bonchev–Trinajstić information content (AvgIpc) is 2.56. The fourth-order valence-electron chi connectivity index (χ4n) is 2.32. The molecule has 0 aromatic heterocycles. The zero-order chi connectivity index (χ0) is 18.6. The molecule has 5 nitrogen and oxygen atoms in total. The van der Waals surface area contributed by atoms with Gasteiger partial charge in [-0.05, 0) is 43.7 Å². The number of benzene rings is 2. The van der Waals surface area contributed by atoms with Crippen LogP contribution >= 0.6 is 0 Å². The molecule has 2 amide bonds. The third-order valence-electron chi connectivity index (χ3n) is 3.71. The summed E-state index contributed by atoms with van der Waals surface area (Å²) in [4.78, 5) is 12.2. The predicted molar refractivity (Wildman–Crippen MR) is 91.1 cm³/mol. The third kappa shape index (κ3) is 4.37. The van der Waals surface area contributed by atoms with E-state index in [-0.39, 0.29) is 5.69 Å². The molecule has 0 radical (unpaired) electrons. The van der Waals surface area contributed by atoms with Gasteiger partial charge in [-0.15, -0.1) is 0 Å². The van der Waals surface area contributed by atoms with Gasteiger partial charge < -0.3 is 20.1 Å². The first kappa shape index (κ1) is 18.5. The molecule has 0 saturated carbocycles. The van der Waals surface area contributed by atoms with Gasteiger partial charge in [0.2, 0.25) is 0 Å². The minimum Gasteiger partial charge on any atom is -0.493 e. The lowest BCUT2D eigenvalue weighted by molar-refractivity contribution is 0.241. The van der Waals surface area contributed by atoms with E-state index in [0.717, 1.165) is 17.7 Å². The molecule has 0 aliphatic heterocycles. The number of hydrogen-bond acceptors (Lipinski definition) is 3. The molecule has 2 aromatic carbocycles. The lowest BCUT2D eigenvalue weighted by atomic mass is 9.94. The number of rotatable bonds is 5. The number of nitrogens with one attached hydrogen (secondary N) is 2. The Morgan fingerprint density at radius 1 is 0.960 bits per heavy atom. The van der Waals surface area contributed by atoms with Crippen molar-refractivity contribution in [2.45, 2.75) is 19.4 Å². The van der Waals surface area contributed by atoms with Gasteiger partial charge in [0.05, 0.1) is 19.8 Å². The summed E-state index contributed by atoms with van der Waals surface area (Å²) in [5.41, 5.74) is 0.187. The van der Waals surface area contributed by atoms with Crippen molar-refractivity contribution in [2.24, 2.45) is 0 Å². The molecule has 0 atom stereocenters. The molecule has 7 heteroatoms. The summed E-state index contributed by atoms with van der Waals surface area (Å²) >= 11 is 0. The number of carbonyl (C=O) groups excluding carboxylic acids is 1. The SMILES string of the molecule is COc1ccc(C(C)(C)NC(=O)Nc2ccc(F)c(F)c2)cc1OC. The van der Waals surface area contributed by atoms with Gasteiger partial charge >= 0.3 is 6.03 Å². The summed E-state index contributed by atoms with van der Waals surface area (Å²) in [6.45, 7) is 3.61. The molecule has 0 saturated heterocycles. The van der Waals surface area contributed by atoms with Gasteiger partial charge in [0, 0.05) is 11.8 Å². The van der Waals surface area contributed by atoms with Crippen LogP contribution in [0.25, 0.3) is 0 Å². The number of methoxy groups -OCH3 is 2. The molecule has 0 fully saturated rings. The molecule has 2 rings (SSSR count). The topological polar surface area (TPSA) is 59.6 Å². The Balaban J connectivity index is 2.14. The Kier molecular flexibility index (Phi) is 5.46. The molecular formula is C18H20F2N2O3. The van der Waals surface area contributed by atoms with Crippen LogP contribution in [0.3, 0.4) is 0 Å². The summed E-state index contributed by atoms with van der Waals surface area (Å²) in [7, 11) is 3.06. The molecule has 2 N–H and O–H groups in total. The maximum Gasteiger partial charge on any atom is 0.319 e. The van der Waals surface area contributed by atoms with E-state index >= 15 is 0 Å². The first-order valence-corrected chi connectivity index (χ1v) is 7.53. The number of urea groups is 1. The van der Waals surface area contributed by atoms with Crippen LogP contribution in [0, 0.1) is 11.6 Å². The van der Waals surface area contributed by atoms with E-state index in [1.165, 1.54) is 20.3 Å². The average molecular weight is 350 g/mol. The highest BCUT2D eigenvalue weighted by Gasteiger charge is 2.24. The van der Waals surface area contributed by atoms with Crippen molar-refractivity contribution in [1.29, 1.82) is 0 Å². The summed E-state index contributed by atoms with van der Waals surface area (Å²) in [6.07, 6.45) is 0. The Hall–Kier alpha value is -2.83. The molecule has 25 heavy (non-hydrogen) atoms. The predicted octanol–water partition coefficient (Wildman–Crippen LogP) is 4.04. The van der Waals surface area contributed by atoms with Gasteiger partial charge in [0.1, 0.15) is 0 Å². The highest BCUT2D eigenvalue weighted by Crippen LogP contribution is 2.32. The number of carbonyl (C=O) groups is 1. The smallest absolute Gasteiger partial charge is 0.319 e. The maximum absolute atomic E-state index is 13.2. The zero-order valence-corrected chi connectivity index (χ0v) is 14.4. The van der Waals surface area contributed by atoms with Crippen LogP contribution in [0.1, 0.15) is 19.4 Å². The summed E-state index contributed by atoms with van der Waals surface area (Å²) < 4.78 is 36.6. The van der Waals surface area contributed by atoms with Gasteiger partial charge in [-0.1, -0.05) is 6.07 Å². The molecule has 0 aliphatic carbocycles. The van der Waals surface area contributed by atoms with Gasteiger partial charge in [0.15, 0.2) is 23.1 Å². The highest BCUT2D eigenvalue weighted by molar-refractivity contribution is 5.89. The molecule has 0 bridgehead atoms. The highest BCUT2D eigenvalue weighted by atomic mass is 19.2. The van der Waals surface area contributed by atoms with E-state index in [2.05, 4.69) is 10.6 Å². The Labute approximate surface area is 144 Å². The quantitative estimate of drug-likeness (QED) is 0.856. The van der Waals surface area contributed by atoms with Crippen LogP contribution in [-0.2, 0) is 5.54 Å². The van der Waals surface area contributed by atoms with E-state index in [1.807, 2.05) is 0 Å². The van der Waals surface area contributed by atoms with Gasteiger partial charge in [-0.2, -0.15) is 0 Å². The maximum atomic E-state index is 13.2. The lowest BCUT2D eigenvalue weighted by Gasteiger charge is -2.27. The largest absolute Gasteiger partial charge is 0.493 e. The number of ether oxygens (including phenoxy) is 2. The van der Waals surface area contributed by atoms with Crippen LogP contribution in [-0.4, -0.2) is 20.3 Å². The van der Waals surface area contributed by atoms with Crippen LogP contribution in [0.5, 0.6) is 11.5 Å². The van der Waals surface area contributed by atoms with Crippen LogP contribution in [0.4, 0.5) is 19.3 Å². The Morgan fingerprint density at radius 3 is 2.24 bits per heavy atom. The first-order valence-electron chi connectivity index (χ1n) is 7.53. The van der Waals surface area contributed by atoms with Gasteiger partial charge in [0.25, 0.3) is 0 Å². The number of anilines is 1. The molecule has 2 aromatic rings. The normalized spacial score (nSPS) is 11.0. The minimum absolute atomic E-state index is 0.152. The fraction of sp³-hybridized carbons (Fsp3) is 0.278. The summed E-state index contributed by atoms with van der Waals surface area (Å²) in [5, 5.41) is 5.26. The fourth-order valence-corrected chi connectivity index (χ4v) is 2.32. The Morgan fingerprint density at radius 2 is 1.64 bits per heavy atom. The van der Waals surface area contributed by atoms with Crippen molar-refractivity contribution in [3.05, 3.63) is 53.6 Å². The third-order valence-corrected chi connectivity index (χ3v) is 3.71. The minimum atomic E-state index is -1.03. The lowest BCUT2D eigenvalue weighted by Crippen LogP contribution is -2.43. The summed E-state index contributed by atoms with van der Waals surface area (Å²) in [5.74, 6) is -0.891. The van der Waals surface area contributed by atoms with E-state index in [1.54, 1.807) is 32.0 Å². The Bertz CT molecular complexity index is 779. The molecule has 134 valence electrons. The second kappa shape index (κ2) is 7.38. The van der Waals surface area contributed by atoms with Crippen LogP contribution in [0.15, 0.2) is 36.4 Å². The standard InChI is InChI=1S/C18H20F2N2O3/c1-18(2,11-5-8-15(24-3)16(9-11)25-4)22-17(23)21-12-6-7-13(19)14(20)10-12/h5-10H,1-4H3,(H2,21,22,23). The van der Waals surface area contributed by atoms with Crippen molar-refractivity contribution in [1.82, 2.24) is 5.32 Å². The number of amides is 2. The van der Waals surface area contributed by atoms with Crippen molar-refractivity contribution in [3.63, 3.8) is 0 Å². The van der Waals surface area contributed by atoms with E-state index in [9.17, 15) is 13.6 Å². The zero-order valence-electron chi connectivity index (χ0n) is 14.4.